The lowest BCUT2D eigenvalue weighted by atomic mass is 9.41. The quantitative estimate of drug-likeness (QED) is 0.360. The molecule has 8 nitrogen and oxygen atoms in total. The number of aliphatic hydroxyl groups excluding tert-OH is 1. The standard InChI is InChI=1S/C32H43NO7/c1-29-8-5-26-27(32(29,37)11-7-25(29)21-14-28(35)40-18-21)6-10-31(36)16-22(34)4-9-30(26,31)19-33-17-20-12-23(38-2)15-24(13-20)39-3/h12-15,19,22,25-27,34,36-37H,4-11,16-18H2,1-3H3/t22?,25?,26-,27?,29?,30?,31?,32?/m0/s1. The molecule has 1 aliphatic heterocycles. The number of aliphatic hydroxyl groups is 3. The fourth-order valence-corrected chi connectivity index (χ4v) is 9.63. The van der Waals surface area contributed by atoms with E-state index in [4.69, 9.17) is 19.2 Å². The van der Waals surface area contributed by atoms with E-state index in [-0.39, 0.29) is 29.1 Å². The summed E-state index contributed by atoms with van der Waals surface area (Å²) in [5, 5.41) is 35.4. The fraction of sp³-hybridized carbons (Fsp3) is 0.688. The number of methoxy groups -OCH3 is 2. The zero-order chi connectivity index (χ0) is 28.3. The number of hydrogen-bond acceptors (Lipinski definition) is 8. The molecule has 0 radical (unpaired) electrons. The number of benzene rings is 1. The van der Waals surface area contributed by atoms with Crippen LogP contribution in [0.15, 0.2) is 34.8 Å². The summed E-state index contributed by atoms with van der Waals surface area (Å²) in [6, 6.07) is 5.71. The second kappa shape index (κ2) is 9.85. The third kappa shape index (κ3) is 4.04. The number of ether oxygens (including phenoxy) is 3. The largest absolute Gasteiger partial charge is 0.497 e. The van der Waals surface area contributed by atoms with Crippen molar-refractivity contribution in [1.29, 1.82) is 0 Å². The molecule has 3 N–H and O–H groups in total. The number of nitrogens with zero attached hydrogens (tertiary/aromatic N) is 1. The number of carbonyl (C=O) groups excluding carboxylic acids is 1. The van der Waals surface area contributed by atoms with Crippen LogP contribution in [0.1, 0.15) is 70.3 Å². The van der Waals surface area contributed by atoms with Gasteiger partial charge in [-0.3, -0.25) is 4.99 Å². The van der Waals surface area contributed by atoms with Crippen molar-refractivity contribution in [3.05, 3.63) is 35.4 Å². The number of rotatable bonds is 6. The smallest absolute Gasteiger partial charge is 0.331 e. The van der Waals surface area contributed by atoms with Crippen LogP contribution in [-0.4, -0.2) is 65.6 Å². The normalized spacial score (nSPS) is 42.5. The van der Waals surface area contributed by atoms with E-state index in [2.05, 4.69) is 6.92 Å². The van der Waals surface area contributed by atoms with Crippen molar-refractivity contribution >= 4 is 12.2 Å². The molecular formula is C32H43NO7. The van der Waals surface area contributed by atoms with Crippen LogP contribution in [-0.2, 0) is 16.1 Å². The highest BCUT2D eigenvalue weighted by Gasteiger charge is 2.71. The maximum Gasteiger partial charge on any atom is 0.331 e. The van der Waals surface area contributed by atoms with Crippen LogP contribution in [0.3, 0.4) is 0 Å². The van der Waals surface area contributed by atoms with Crippen molar-refractivity contribution in [2.75, 3.05) is 20.8 Å². The molecule has 8 heteroatoms. The number of esters is 1. The molecule has 8 atom stereocenters. The minimum atomic E-state index is -1.07. The average Bonchev–Trinajstić information content (AvgIpc) is 3.48. The summed E-state index contributed by atoms with van der Waals surface area (Å²) in [4.78, 5) is 16.8. The van der Waals surface area contributed by atoms with Gasteiger partial charge in [0.05, 0.1) is 38.1 Å². The molecule has 0 bridgehead atoms. The molecule has 218 valence electrons. The van der Waals surface area contributed by atoms with Gasteiger partial charge in [-0.15, -0.1) is 0 Å². The van der Waals surface area contributed by atoms with Gasteiger partial charge in [-0.2, -0.15) is 0 Å². The molecule has 5 aliphatic rings. The van der Waals surface area contributed by atoms with Crippen molar-refractivity contribution in [2.24, 2.45) is 33.6 Å². The Morgan fingerprint density at radius 3 is 2.40 bits per heavy atom. The van der Waals surface area contributed by atoms with Gasteiger partial charge in [0, 0.05) is 35.6 Å². The van der Waals surface area contributed by atoms with Gasteiger partial charge in [-0.25, -0.2) is 4.79 Å². The summed E-state index contributed by atoms with van der Waals surface area (Å²) in [7, 11) is 3.25. The summed E-state index contributed by atoms with van der Waals surface area (Å²) in [5.74, 6) is 1.29. The van der Waals surface area contributed by atoms with E-state index in [1.807, 2.05) is 24.4 Å². The van der Waals surface area contributed by atoms with Crippen molar-refractivity contribution in [3.63, 3.8) is 0 Å². The molecule has 7 unspecified atom stereocenters. The van der Waals surface area contributed by atoms with Crippen molar-refractivity contribution in [2.45, 2.75) is 88.6 Å². The van der Waals surface area contributed by atoms with E-state index in [1.165, 1.54) is 0 Å². The Hall–Kier alpha value is -2.42. The number of aliphatic imine (C=N–C) groups is 1. The van der Waals surface area contributed by atoms with E-state index >= 15 is 0 Å². The number of cyclic esters (lactones) is 1. The maximum absolute atomic E-state index is 12.6. The van der Waals surface area contributed by atoms with Crippen molar-refractivity contribution in [1.82, 2.24) is 0 Å². The van der Waals surface area contributed by atoms with Crippen LogP contribution in [0.5, 0.6) is 11.5 Å². The molecular weight excluding hydrogens is 510 g/mol. The average molecular weight is 554 g/mol. The molecule has 1 aromatic carbocycles. The first-order chi connectivity index (χ1) is 19.1. The predicted molar refractivity (Wildman–Crippen MR) is 149 cm³/mol. The molecule has 0 saturated heterocycles. The van der Waals surface area contributed by atoms with Crippen LogP contribution >= 0.6 is 0 Å². The molecule has 4 aliphatic carbocycles. The van der Waals surface area contributed by atoms with E-state index in [1.54, 1.807) is 20.3 Å². The van der Waals surface area contributed by atoms with Gasteiger partial charge >= 0.3 is 5.97 Å². The molecule has 6 rings (SSSR count). The summed E-state index contributed by atoms with van der Waals surface area (Å²) in [5.41, 5.74) is -0.986. The topological polar surface area (TPSA) is 118 Å². The molecule has 1 heterocycles. The zero-order valence-corrected chi connectivity index (χ0v) is 23.9. The lowest BCUT2D eigenvalue weighted by Gasteiger charge is -2.65. The van der Waals surface area contributed by atoms with Gasteiger partial charge in [0.25, 0.3) is 0 Å². The number of hydrogen-bond donors (Lipinski definition) is 3. The SMILES string of the molecule is COc1cc(CN=CC23CCC(O)CC2(O)CCC2[C@@H]3CCC3(C)C(C4=CC(=O)OC4)CCC23O)cc(OC)c1. The summed E-state index contributed by atoms with van der Waals surface area (Å²) in [6.45, 7) is 2.94. The van der Waals surface area contributed by atoms with E-state index in [0.29, 0.717) is 63.2 Å². The molecule has 40 heavy (non-hydrogen) atoms. The van der Waals surface area contributed by atoms with E-state index in [9.17, 15) is 20.1 Å². The molecule has 4 saturated carbocycles. The second-order valence-electron chi connectivity index (χ2n) is 13.2. The van der Waals surface area contributed by atoms with Gasteiger partial charge in [0.2, 0.25) is 0 Å². The highest BCUT2D eigenvalue weighted by Crippen LogP contribution is 2.70. The lowest BCUT2D eigenvalue weighted by molar-refractivity contribution is -0.237. The Labute approximate surface area is 236 Å². The van der Waals surface area contributed by atoms with Crippen molar-refractivity contribution < 1.29 is 34.3 Å². The number of fused-ring (bicyclic) bond motifs is 5. The lowest BCUT2D eigenvalue weighted by Crippen LogP contribution is -2.68. The summed E-state index contributed by atoms with van der Waals surface area (Å²) >= 11 is 0. The Bertz CT molecular complexity index is 1210. The second-order valence-corrected chi connectivity index (χ2v) is 13.2. The molecule has 0 amide bonds. The summed E-state index contributed by atoms with van der Waals surface area (Å²) < 4.78 is 16.1. The Morgan fingerprint density at radius 1 is 1.00 bits per heavy atom. The van der Waals surface area contributed by atoms with Gasteiger partial charge in [-0.1, -0.05) is 6.92 Å². The molecule has 0 aromatic heterocycles. The third-order valence-electron chi connectivity index (χ3n) is 11.6. The van der Waals surface area contributed by atoms with Gasteiger partial charge in [0.15, 0.2) is 0 Å². The third-order valence-corrected chi connectivity index (χ3v) is 11.6. The minimum Gasteiger partial charge on any atom is -0.497 e. The van der Waals surface area contributed by atoms with Gasteiger partial charge in [0.1, 0.15) is 18.1 Å². The highest BCUT2D eigenvalue weighted by molar-refractivity contribution is 5.85. The van der Waals surface area contributed by atoms with Crippen molar-refractivity contribution in [3.8, 4) is 11.5 Å². The Kier molecular flexibility index (Phi) is 6.83. The first-order valence-corrected chi connectivity index (χ1v) is 14.8. The molecule has 4 fully saturated rings. The highest BCUT2D eigenvalue weighted by atomic mass is 16.5. The van der Waals surface area contributed by atoms with Crippen LogP contribution < -0.4 is 9.47 Å². The first-order valence-electron chi connectivity index (χ1n) is 14.8. The zero-order valence-electron chi connectivity index (χ0n) is 23.9. The minimum absolute atomic E-state index is 0.00811. The molecule has 0 spiro atoms. The fourth-order valence-electron chi connectivity index (χ4n) is 9.63. The molecule has 1 aromatic rings. The Morgan fingerprint density at radius 2 is 1.73 bits per heavy atom. The Balaban J connectivity index is 1.34. The predicted octanol–water partition coefficient (Wildman–Crippen LogP) is 3.99. The maximum atomic E-state index is 12.6. The van der Waals surface area contributed by atoms with Crippen LogP contribution in [0.2, 0.25) is 0 Å². The van der Waals surface area contributed by atoms with E-state index in [0.717, 1.165) is 30.4 Å². The van der Waals surface area contributed by atoms with Gasteiger partial charge in [-0.05, 0) is 92.4 Å². The van der Waals surface area contributed by atoms with Crippen LogP contribution in [0.4, 0.5) is 0 Å². The first kappa shape index (κ1) is 27.7. The van der Waals surface area contributed by atoms with Gasteiger partial charge < -0.3 is 29.5 Å². The monoisotopic (exact) mass is 553 g/mol. The van der Waals surface area contributed by atoms with Crippen LogP contribution in [0, 0.1) is 28.6 Å². The van der Waals surface area contributed by atoms with Crippen LogP contribution in [0.25, 0.3) is 0 Å². The summed E-state index contributed by atoms with van der Waals surface area (Å²) in [6.07, 6.45) is 9.09. The number of carbonyl (C=O) groups is 1. The van der Waals surface area contributed by atoms with E-state index < -0.39 is 22.7 Å².